The third kappa shape index (κ3) is 4.58. The van der Waals surface area contributed by atoms with Crippen molar-refractivity contribution in [2.75, 3.05) is 6.61 Å². The van der Waals surface area contributed by atoms with Crippen LogP contribution in [-0.2, 0) is 6.42 Å². The van der Waals surface area contributed by atoms with Gasteiger partial charge in [0.15, 0.2) is 12.4 Å². The number of ketones is 1. The first-order valence-corrected chi connectivity index (χ1v) is 9.19. The number of hydrogen-bond acceptors (Lipinski definition) is 4. The topological polar surface area (TPSA) is 56.5 Å². The van der Waals surface area contributed by atoms with Gasteiger partial charge in [-0.1, -0.05) is 6.07 Å². The summed E-state index contributed by atoms with van der Waals surface area (Å²) in [7, 11) is 0. The average Bonchev–Trinajstić information content (AvgIpc) is 3.45. The molecule has 30 heavy (non-hydrogen) atoms. The molecule has 0 unspecified atom stereocenters. The minimum atomic E-state index is -4.56. The lowest BCUT2D eigenvalue weighted by atomic mass is 10.1. The molecule has 10 heteroatoms. The van der Waals surface area contributed by atoms with Crippen molar-refractivity contribution in [3.63, 3.8) is 0 Å². The maximum absolute atomic E-state index is 12.9. The molecule has 0 aliphatic heterocycles. The van der Waals surface area contributed by atoms with Gasteiger partial charge in [-0.15, -0.1) is 0 Å². The highest BCUT2D eigenvalue weighted by atomic mass is 19.4. The van der Waals surface area contributed by atoms with E-state index in [1.165, 1.54) is 24.4 Å². The summed E-state index contributed by atoms with van der Waals surface area (Å²) in [6.07, 6.45) is -2.52. The van der Waals surface area contributed by atoms with Crippen molar-refractivity contribution in [3.8, 4) is 5.75 Å². The Kier molecular flexibility index (Phi) is 5.17. The van der Waals surface area contributed by atoms with E-state index in [1.807, 2.05) is 0 Å². The summed E-state index contributed by atoms with van der Waals surface area (Å²) in [6.45, 7) is -1.53. The summed E-state index contributed by atoms with van der Waals surface area (Å²) in [5, 5.41) is 0. The van der Waals surface area contributed by atoms with E-state index in [9.17, 15) is 26.7 Å². The van der Waals surface area contributed by atoms with Gasteiger partial charge in [0.05, 0.1) is 5.69 Å². The van der Waals surface area contributed by atoms with Gasteiger partial charge >= 0.3 is 6.18 Å². The molecule has 0 aromatic carbocycles. The molecule has 1 aliphatic carbocycles. The first kappa shape index (κ1) is 20.2. The van der Waals surface area contributed by atoms with Gasteiger partial charge < -0.3 is 9.14 Å². The largest absolute Gasteiger partial charge is 0.484 e. The minimum Gasteiger partial charge on any atom is -0.484 e. The Hall–Kier alpha value is -3.04. The first-order chi connectivity index (χ1) is 14.2. The Morgan fingerprint density at radius 3 is 2.63 bits per heavy atom. The molecule has 3 aromatic rings. The number of rotatable bonds is 7. The molecule has 0 bridgehead atoms. The van der Waals surface area contributed by atoms with Crippen molar-refractivity contribution in [1.82, 2.24) is 14.4 Å². The number of aromatic nitrogens is 3. The molecule has 3 heterocycles. The van der Waals surface area contributed by atoms with Gasteiger partial charge in [-0.05, 0) is 25.0 Å². The van der Waals surface area contributed by atoms with Crippen molar-refractivity contribution in [3.05, 3.63) is 59.3 Å². The highest BCUT2D eigenvalue weighted by molar-refractivity contribution is 5.96. The Bertz CT molecular complexity index is 1090. The van der Waals surface area contributed by atoms with Crippen molar-refractivity contribution in [2.24, 2.45) is 0 Å². The van der Waals surface area contributed by atoms with E-state index in [0.29, 0.717) is 11.6 Å². The molecular weight excluding hydrogens is 409 g/mol. The van der Waals surface area contributed by atoms with Crippen LogP contribution in [0.15, 0.2) is 36.7 Å². The van der Waals surface area contributed by atoms with E-state index >= 15 is 0 Å². The summed E-state index contributed by atoms with van der Waals surface area (Å²) in [5.41, 5.74) is 0.669. The maximum Gasteiger partial charge on any atom is 0.422 e. The van der Waals surface area contributed by atoms with Crippen LogP contribution >= 0.6 is 0 Å². The van der Waals surface area contributed by atoms with Gasteiger partial charge in [0.25, 0.3) is 6.43 Å². The van der Waals surface area contributed by atoms with E-state index < -0.39 is 30.7 Å². The fourth-order valence-corrected chi connectivity index (χ4v) is 3.07. The second-order valence-corrected chi connectivity index (χ2v) is 7.12. The molecule has 0 saturated heterocycles. The molecule has 5 nitrogen and oxygen atoms in total. The van der Waals surface area contributed by atoms with E-state index in [0.717, 1.165) is 24.6 Å². The quantitative estimate of drug-likeness (QED) is 0.399. The number of ether oxygens (including phenoxy) is 1. The summed E-state index contributed by atoms with van der Waals surface area (Å²) in [6, 6.07) is 5.01. The van der Waals surface area contributed by atoms with Gasteiger partial charge in [-0.3, -0.25) is 4.79 Å². The van der Waals surface area contributed by atoms with Crippen molar-refractivity contribution in [2.45, 2.75) is 37.8 Å². The van der Waals surface area contributed by atoms with Crippen molar-refractivity contribution in [1.29, 1.82) is 0 Å². The van der Waals surface area contributed by atoms with Crippen LogP contribution in [0.2, 0.25) is 0 Å². The second kappa shape index (κ2) is 7.66. The number of pyridine rings is 2. The van der Waals surface area contributed by atoms with Crippen molar-refractivity contribution >= 4 is 11.4 Å². The van der Waals surface area contributed by atoms with Crippen LogP contribution in [0.25, 0.3) is 5.65 Å². The third-order valence-electron chi connectivity index (χ3n) is 4.67. The molecule has 0 spiro atoms. The van der Waals surface area contributed by atoms with Crippen LogP contribution in [0.5, 0.6) is 5.75 Å². The lowest BCUT2D eigenvalue weighted by Crippen LogP contribution is -2.20. The molecule has 158 valence electrons. The minimum absolute atomic E-state index is 0.133. The first-order valence-electron chi connectivity index (χ1n) is 9.19. The number of carbonyl (C=O) groups is 1. The summed E-state index contributed by atoms with van der Waals surface area (Å²) in [5.74, 6) is -0.418. The molecule has 0 atom stereocenters. The van der Waals surface area contributed by atoms with E-state index in [2.05, 4.69) is 9.97 Å². The van der Waals surface area contributed by atoms with E-state index in [4.69, 9.17) is 4.74 Å². The number of imidazole rings is 1. The van der Waals surface area contributed by atoms with Crippen LogP contribution in [0, 0.1) is 0 Å². The summed E-state index contributed by atoms with van der Waals surface area (Å²) < 4.78 is 70.2. The SMILES string of the molecule is O=C(Cc1cn2cc(C3CC3)nc2cc1OCC(F)(F)F)c1cccc(C(F)F)n1. The zero-order chi connectivity index (χ0) is 21.5. The lowest BCUT2D eigenvalue weighted by Gasteiger charge is -2.13. The molecule has 1 saturated carbocycles. The van der Waals surface area contributed by atoms with Crippen LogP contribution in [0.4, 0.5) is 22.0 Å². The van der Waals surface area contributed by atoms with Gasteiger partial charge in [0.1, 0.15) is 22.8 Å². The molecule has 0 amide bonds. The van der Waals surface area contributed by atoms with Crippen LogP contribution < -0.4 is 4.74 Å². The standard InChI is InChI=1S/C20H16F5N3O2/c21-19(22)14-3-1-2-13(26-14)16(29)6-12-8-28-9-15(11-4-5-11)27-18(28)7-17(12)30-10-20(23,24)25/h1-3,7-9,11,19H,4-6,10H2. The Morgan fingerprint density at radius 1 is 1.20 bits per heavy atom. The summed E-state index contributed by atoms with van der Waals surface area (Å²) in [4.78, 5) is 20.6. The lowest BCUT2D eigenvalue weighted by molar-refractivity contribution is -0.153. The van der Waals surface area contributed by atoms with Crippen molar-refractivity contribution < 1.29 is 31.5 Å². The molecule has 4 rings (SSSR count). The number of hydrogen-bond donors (Lipinski definition) is 0. The number of halogens is 5. The fourth-order valence-electron chi connectivity index (χ4n) is 3.07. The van der Waals surface area contributed by atoms with E-state index in [1.54, 1.807) is 10.6 Å². The maximum atomic E-state index is 12.9. The molecular formula is C20H16F5N3O2. The zero-order valence-electron chi connectivity index (χ0n) is 15.5. The zero-order valence-corrected chi connectivity index (χ0v) is 15.5. The molecule has 0 radical (unpaired) electrons. The normalized spacial score (nSPS) is 14.5. The fraction of sp³-hybridized carbons (Fsp3) is 0.350. The van der Waals surface area contributed by atoms with Gasteiger partial charge in [-0.25, -0.2) is 18.7 Å². The molecule has 1 fully saturated rings. The average molecular weight is 425 g/mol. The number of fused-ring (bicyclic) bond motifs is 1. The number of Topliss-reactive ketones (excluding diaryl/α,β-unsaturated/α-hetero) is 1. The highest BCUT2D eigenvalue weighted by Gasteiger charge is 2.30. The Labute approximate surface area is 167 Å². The summed E-state index contributed by atoms with van der Waals surface area (Å²) >= 11 is 0. The Morgan fingerprint density at radius 2 is 1.97 bits per heavy atom. The number of nitrogens with zero attached hydrogens (tertiary/aromatic N) is 3. The molecule has 0 N–H and O–H groups in total. The number of alkyl halides is 5. The predicted octanol–water partition coefficient (Wildman–Crippen LogP) is 4.91. The van der Waals surface area contributed by atoms with Crippen LogP contribution in [0.1, 0.15) is 52.6 Å². The van der Waals surface area contributed by atoms with Crippen LogP contribution in [-0.4, -0.2) is 32.9 Å². The molecule has 3 aromatic heterocycles. The van der Waals surface area contributed by atoms with Gasteiger partial charge in [0, 0.05) is 36.4 Å². The van der Waals surface area contributed by atoms with Crippen LogP contribution in [0.3, 0.4) is 0 Å². The van der Waals surface area contributed by atoms with E-state index in [-0.39, 0.29) is 23.4 Å². The second-order valence-electron chi connectivity index (χ2n) is 7.12. The number of carbonyl (C=O) groups excluding carboxylic acids is 1. The highest BCUT2D eigenvalue weighted by Crippen LogP contribution is 2.39. The van der Waals surface area contributed by atoms with Gasteiger partial charge in [0.2, 0.25) is 0 Å². The third-order valence-corrected chi connectivity index (χ3v) is 4.67. The molecule has 1 aliphatic rings. The monoisotopic (exact) mass is 425 g/mol. The smallest absolute Gasteiger partial charge is 0.422 e. The Balaban J connectivity index is 1.66. The van der Waals surface area contributed by atoms with Gasteiger partial charge in [-0.2, -0.15) is 13.2 Å². The predicted molar refractivity (Wildman–Crippen MR) is 95.9 cm³/mol.